The fraction of sp³-hybridized carbons (Fsp3) is 0.478. The topological polar surface area (TPSA) is 136 Å². The van der Waals surface area contributed by atoms with Gasteiger partial charge in [-0.3, -0.25) is 14.4 Å². The lowest BCUT2D eigenvalue weighted by atomic mass is 10.0. The third-order valence-corrected chi connectivity index (χ3v) is 6.28. The lowest BCUT2D eigenvalue weighted by molar-refractivity contribution is -0.125. The van der Waals surface area contributed by atoms with E-state index in [1.165, 1.54) is 0 Å². The molecule has 0 bridgehead atoms. The predicted molar refractivity (Wildman–Crippen MR) is 126 cm³/mol. The number of hydrogen-bond donors (Lipinski definition) is 4. The van der Waals surface area contributed by atoms with E-state index in [9.17, 15) is 14.4 Å². The Balaban J connectivity index is 1.72. The van der Waals surface area contributed by atoms with Crippen LogP contribution in [0.5, 0.6) is 5.75 Å². The van der Waals surface area contributed by atoms with Crippen LogP contribution in [0.2, 0.25) is 0 Å². The summed E-state index contributed by atoms with van der Waals surface area (Å²) in [4.78, 5) is 41.0. The minimum absolute atomic E-state index is 0.0611. The molecule has 9 nitrogen and oxygen atoms in total. The van der Waals surface area contributed by atoms with Crippen LogP contribution < -0.4 is 20.7 Å². The number of fused-ring (bicyclic) bond motifs is 1. The molecule has 2 aromatic rings. The zero-order chi connectivity index (χ0) is 24.0. The molecule has 2 heterocycles. The van der Waals surface area contributed by atoms with Crippen molar-refractivity contribution in [3.05, 3.63) is 30.0 Å². The number of hydrogen-bond acceptors (Lipinski definition) is 6. The molecule has 1 saturated heterocycles. The third kappa shape index (κ3) is 6.20. The van der Waals surface area contributed by atoms with Crippen molar-refractivity contribution in [2.75, 3.05) is 13.7 Å². The molecule has 1 fully saturated rings. The zero-order valence-electron chi connectivity index (χ0n) is 18.9. The number of ether oxygens (including phenoxy) is 1. The van der Waals surface area contributed by atoms with Gasteiger partial charge >= 0.3 is 0 Å². The molecule has 33 heavy (non-hydrogen) atoms. The number of H-pyrrole nitrogens is 1. The lowest BCUT2D eigenvalue weighted by Crippen LogP contribution is -2.50. The molecule has 0 aliphatic carbocycles. The van der Waals surface area contributed by atoms with E-state index in [2.05, 4.69) is 20.9 Å². The van der Waals surface area contributed by atoms with Crippen LogP contribution in [0.15, 0.2) is 24.3 Å². The molecule has 3 atom stereocenters. The van der Waals surface area contributed by atoms with E-state index in [-0.39, 0.29) is 23.7 Å². The maximum absolute atomic E-state index is 13.1. The third-order valence-electron chi connectivity index (χ3n) is 5.58. The van der Waals surface area contributed by atoms with Crippen LogP contribution >= 0.6 is 11.8 Å². The average molecular weight is 472 g/mol. The van der Waals surface area contributed by atoms with E-state index in [1.54, 1.807) is 13.2 Å². The van der Waals surface area contributed by atoms with E-state index in [0.717, 1.165) is 22.7 Å². The van der Waals surface area contributed by atoms with Crippen LogP contribution in [0.4, 0.5) is 0 Å². The van der Waals surface area contributed by atoms with Crippen LogP contribution in [0.3, 0.4) is 0 Å². The molecule has 0 radical (unpaired) electrons. The van der Waals surface area contributed by atoms with Gasteiger partial charge in [-0.15, -0.1) is 0 Å². The van der Waals surface area contributed by atoms with Crippen LogP contribution in [-0.2, 0) is 9.59 Å². The number of nitrogens with one attached hydrogen (secondary N) is 4. The van der Waals surface area contributed by atoms with Gasteiger partial charge < -0.3 is 25.7 Å². The Bertz CT molecular complexity index is 1060. The van der Waals surface area contributed by atoms with Crippen LogP contribution in [0.1, 0.15) is 43.6 Å². The zero-order valence-corrected chi connectivity index (χ0v) is 19.8. The fourth-order valence-electron chi connectivity index (χ4n) is 3.95. The summed E-state index contributed by atoms with van der Waals surface area (Å²) < 4.78 is 5.35. The number of aromatic amines is 1. The van der Waals surface area contributed by atoms with Gasteiger partial charge in [0, 0.05) is 23.4 Å². The maximum Gasteiger partial charge on any atom is 0.268 e. The molecule has 1 aliphatic rings. The quantitative estimate of drug-likeness (QED) is 0.310. The van der Waals surface area contributed by atoms with Gasteiger partial charge in [0.25, 0.3) is 5.91 Å². The summed E-state index contributed by atoms with van der Waals surface area (Å²) in [7, 11) is 1.56. The highest BCUT2D eigenvalue weighted by Crippen LogP contribution is 2.26. The van der Waals surface area contributed by atoms with E-state index in [4.69, 9.17) is 10.00 Å². The molecule has 176 valence electrons. The monoisotopic (exact) mass is 471 g/mol. The predicted octanol–water partition coefficient (Wildman–Crippen LogP) is 2.50. The summed E-state index contributed by atoms with van der Waals surface area (Å²) in [5, 5.41) is 19.8. The Morgan fingerprint density at radius 3 is 2.76 bits per heavy atom. The van der Waals surface area contributed by atoms with Crippen LogP contribution in [-0.4, -0.2) is 47.8 Å². The molecule has 4 N–H and O–H groups in total. The normalized spacial score (nSPS) is 17.3. The van der Waals surface area contributed by atoms with Gasteiger partial charge in [-0.25, -0.2) is 0 Å². The molecule has 3 rings (SSSR count). The summed E-state index contributed by atoms with van der Waals surface area (Å²) in [6, 6.07) is 6.39. The first-order chi connectivity index (χ1) is 15.8. The van der Waals surface area contributed by atoms with Crippen LogP contribution in [0, 0.1) is 22.5 Å². The second-order valence-electron chi connectivity index (χ2n) is 8.48. The average Bonchev–Trinajstić information content (AvgIpc) is 3.39. The summed E-state index contributed by atoms with van der Waals surface area (Å²) >= 11 is 0.913. The number of carbonyl (C=O) groups excluding carboxylic acids is 3. The molecule has 0 unspecified atom stereocenters. The van der Waals surface area contributed by atoms with Gasteiger partial charge in [-0.05, 0) is 55.1 Å². The number of methoxy groups -OCH3 is 1. The summed E-state index contributed by atoms with van der Waals surface area (Å²) in [6.07, 6.45) is 1.46. The SMILES string of the molecule is COc1cccc2[nH]c(C(=O)N[C@@H](CC(C)C)C(=O)N[C@@H](C[C@@H]3CCNC3=O)SC#N)cc12. The molecule has 0 spiro atoms. The van der Waals surface area contributed by atoms with Gasteiger partial charge in [0.1, 0.15) is 22.9 Å². The molecule has 1 aromatic carbocycles. The molecular formula is C23H29N5O4S. The molecule has 0 saturated carbocycles. The Kier molecular flexibility index (Phi) is 8.22. The first-order valence-electron chi connectivity index (χ1n) is 10.9. The standard InChI is InChI=1S/C23H29N5O4S/c1-13(2)9-17(23(31)28-20(33-12-24)10-14-7-8-25-21(14)29)27-22(30)18-11-15-16(26-18)5-4-6-19(15)32-3/h4-6,11,13-14,17,20,26H,7-10H2,1-3H3,(H,25,29)(H,27,30)(H,28,31)/t14-,17-,20+/m0/s1. The van der Waals surface area contributed by atoms with E-state index < -0.39 is 17.3 Å². The number of nitriles is 1. The van der Waals surface area contributed by atoms with E-state index in [0.29, 0.717) is 37.3 Å². The highest BCUT2D eigenvalue weighted by Gasteiger charge is 2.30. The lowest BCUT2D eigenvalue weighted by Gasteiger charge is -2.23. The van der Waals surface area contributed by atoms with Crippen molar-refractivity contribution < 1.29 is 19.1 Å². The van der Waals surface area contributed by atoms with E-state index >= 15 is 0 Å². The number of nitrogens with zero attached hydrogens (tertiary/aromatic N) is 1. The first-order valence-corrected chi connectivity index (χ1v) is 11.8. The van der Waals surface area contributed by atoms with Crippen molar-refractivity contribution in [2.45, 2.75) is 44.5 Å². The largest absolute Gasteiger partial charge is 0.496 e. The second-order valence-corrected chi connectivity index (χ2v) is 9.47. The highest BCUT2D eigenvalue weighted by atomic mass is 32.2. The van der Waals surface area contributed by atoms with Crippen molar-refractivity contribution in [1.29, 1.82) is 5.26 Å². The smallest absolute Gasteiger partial charge is 0.268 e. The Morgan fingerprint density at radius 2 is 2.12 bits per heavy atom. The molecule has 1 aliphatic heterocycles. The number of rotatable bonds is 10. The molecular weight excluding hydrogens is 442 g/mol. The van der Waals surface area contributed by atoms with Gasteiger partial charge in [0.2, 0.25) is 11.8 Å². The van der Waals surface area contributed by atoms with Crippen LogP contribution in [0.25, 0.3) is 10.9 Å². The maximum atomic E-state index is 13.1. The Hall–Kier alpha value is -3.19. The molecule has 3 amide bonds. The van der Waals surface area contributed by atoms with Crippen molar-refractivity contribution >= 4 is 40.4 Å². The summed E-state index contributed by atoms with van der Waals surface area (Å²) in [5.74, 6) is -0.298. The van der Waals surface area contributed by atoms with Gasteiger partial charge in [0.05, 0.1) is 12.5 Å². The first kappa shape index (κ1) is 24.5. The summed E-state index contributed by atoms with van der Waals surface area (Å²) in [6.45, 7) is 4.53. The van der Waals surface area contributed by atoms with Gasteiger partial charge in [-0.1, -0.05) is 19.9 Å². The molecule has 10 heteroatoms. The minimum Gasteiger partial charge on any atom is -0.496 e. The van der Waals surface area contributed by atoms with E-state index in [1.807, 2.05) is 37.4 Å². The minimum atomic E-state index is -0.787. The number of thiocyanates is 1. The number of thioether (sulfide) groups is 1. The number of aromatic nitrogens is 1. The molecule has 1 aromatic heterocycles. The van der Waals surface area contributed by atoms with Crippen molar-refractivity contribution in [1.82, 2.24) is 20.9 Å². The summed E-state index contributed by atoms with van der Waals surface area (Å²) in [5.41, 5.74) is 1.08. The van der Waals surface area contributed by atoms with Gasteiger partial charge in [0.15, 0.2) is 0 Å². The Labute approximate surface area is 197 Å². The van der Waals surface area contributed by atoms with Gasteiger partial charge in [-0.2, -0.15) is 5.26 Å². The van der Waals surface area contributed by atoms with Crippen molar-refractivity contribution in [3.63, 3.8) is 0 Å². The second kappa shape index (κ2) is 11.1. The number of amides is 3. The van der Waals surface area contributed by atoms with Crippen molar-refractivity contribution in [3.8, 4) is 11.2 Å². The Morgan fingerprint density at radius 1 is 1.33 bits per heavy atom. The number of carbonyl (C=O) groups is 3. The van der Waals surface area contributed by atoms with Crippen molar-refractivity contribution in [2.24, 2.45) is 11.8 Å². The highest BCUT2D eigenvalue weighted by molar-refractivity contribution is 8.04. The number of benzene rings is 1. The fourth-order valence-corrected chi connectivity index (χ4v) is 4.59.